The Balaban J connectivity index is 1.38. The molecule has 1 unspecified atom stereocenters. The Bertz CT molecular complexity index is 1230. The van der Waals surface area contributed by atoms with E-state index in [1.165, 1.54) is 5.69 Å². The van der Waals surface area contributed by atoms with Crippen LogP contribution in [0.15, 0.2) is 43.0 Å². The summed E-state index contributed by atoms with van der Waals surface area (Å²) in [7, 11) is 1.97. The second-order valence-corrected chi connectivity index (χ2v) is 7.75. The summed E-state index contributed by atoms with van der Waals surface area (Å²) in [6, 6.07) is 7.59. The van der Waals surface area contributed by atoms with Gasteiger partial charge in [0, 0.05) is 30.7 Å². The van der Waals surface area contributed by atoms with Gasteiger partial charge in [-0.3, -0.25) is 14.5 Å². The molecule has 8 heteroatoms. The first-order valence-electron chi connectivity index (χ1n) is 10.1. The smallest absolute Gasteiger partial charge is 0.253 e. The predicted molar refractivity (Wildman–Crippen MR) is 112 cm³/mol. The Morgan fingerprint density at radius 2 is 2.17 bits per heavy atom. The molecule has 0 saturated heterocycles. The molecular weight excluding hydrogens is 378 g/mol. The monoisotopic (exact) mass is 401 g/mol. The second kappa shape index (κ2) is 7.37. The van der Waals surface area contributed by atoms with E-state index in [4.69, 9.17) is 0 Å². The van der Waals surface area contributed by atoms with E-state index in [2.05, 4.69) is 25.4 Å². The summed E-state index contributed by atoms with van der Waals surface area (Å²) in [5.41, 5.74) is 6.23. The van der Waals surface area contributed by atoms with E-state index in [1.807, 2.05) is 41.4 Å². The molecule has 4 aromatic heterocycles. The van der Waals surface area contributed by atoms with Crippen LogP contribution in [-0.2, 0) is 20.0 Å². The van der Waals surface area contributed by atoms with Crippen molar-refractivity contribution in [3.63, 3.8) is 0 Å². The molecule has 0 saturated carbocycles. The third kappa shape index (κ3) is 3.24. The van der Waals surface area contributed by atoms with Crippen molar-refractivity contribution in [1.29, 1.82) is 0 Å². The van der Waals surface area contributed by atoms with Crippen molar-refractivity contribution < 1.29 is 4.79 Å². The molecule has 5 rings (SSSR count). The lowest BCUT2D eigenvalue weighted by Gasteiger charge is -2.24. The molecule has 8 nitrogen and oxygen atoms in total. The zero-order valence-corrected chi connectivity index (χ0v) is 17.0. The van der Waals surface area contributed by atoms with E-state index in [1.54, 1.807) is 24.8 Å². The van der Waals surface area contributed by atoms with Crippen molar-refractivity contribution in [2.45, 2.75) is 38.8 Å². The van der Waals surface area contributed by atoms with Gasteiger partial charge in [0.05, 0.1) is 35.9 Å². The zero-order chi connectivity index (χ0) is 20.7. The summed E-state index contributed by atoms with van der Waals surface area (Å²) in [5.74, 6) is -0.134. The van der Waals surface area contributed by atoms with Crippen LogP contribution in [0.4, 0.5) is 0 Å². The maximum absolute atomic E-state index is 13.0. The molecule has 1 amide bonds. The van der Waals surface area contributed by atoms with Gasteiger partial charge in [-0.1, -0.05) is 6.07 Å². The summed E-state index contributed by atoms with van der Waals surface area (Å²) in [5, 5.41) is 7.72. The molecule has 30 heavy (non-hydrogen) atoms. The Labute approximate surface area is 174 Å². The van der Waals surface area contributed by atoms with Crippen LogP contribution < -0.4 is 5.32 Å². The number of carbonyl (C=O) groups excluding carboxylic acids is 1. The average Bonchev–Trinajstić information content (AvgIpc) is 3.29. The number of aryl methyl sites for hydroxylation is 2. The minimum absolute atomic E-state index is 0.0210. The summed E-state index contributed by atoms with van der Waals surface area (Å²) in [4.78, 5) is 26.3. The summed E-state index contributed by atoms with van der Waals surface area (Å²) < 4.78 is 3.87. The number of carbonyl (C=O) groups is 1. The quantitative estimate of drug-likeness (QED) is 0.568. The number of aromatic nitrogens is 6. The van der Waals surface area contributed by atoms with Gasteiger partial charge in [0.2, 0.25) is 0 Å². The van der Waals surface area contributed by atoms with Crippen molar-refractivity contribution >= 4 is 17.1 Å². The Morgan fingerprint density at radius 3 is 3.00 bits per heavy atom. The number of nitrogens with zero attached hydrogens (tertiary/aromatic N) is 6. The maximum Gasteiger partial charge on any atom is 0.253 e. The van der Waals surface area contributed by atoms with Gasteiger partial charge in [0.1, 0.15) is 5.52 Å². The minimum Gasteiger partial charge on any atom is -0.345 e. The van der Waals surface area contributed by atoms with E-state index in [0.29, 0.717) is 17.6 Å². The van der Waals surface area contributed by atoms with E-state index in [9.17, 15) is 4.79 Å². The van der Waals surface area contributed by atoms with Gasteiger partial charge in [0.25, 0.3) is 5.91 Å². The highest BCUT2D eigenvalue weighted by Crippen LogP contribution is 2.32. The fourth-order valence-electron chi connectivity index (χ4n) is 4.33. The van der Waals surface area contributed by atoms with Crippen LogP contribution in [0.5, 0.6) is 0 Å². The number of fused-ring (bicyclic) bond motifs is 2. The van der Waals surface area contributed by atoms with Gasteiger partial charge in [-0.25, -0.2) is 9.97 Å². The lowest BCUT2D eigenvalue weighted by molar-refractivity contribution is 0.0932. The highest BCUT2D eigenvalue weighted by atomic mass is 16.1. The standard InChI is InChI=1S/C22H23N7O/c1-14-20-17(7-5-8-19(20)28(2)27-14)26-22(30)15-10-18-21(24-11-15)29(13-25-18)12-16-6-3-4-9-23-16/h3-4,6,9-11,13,17H,5,7-8,12H2,1-2H3,(H,26,30). The highest BCUT2D eigenvalue weighted by Gasteiger charge is 2.27. The van der Waals surface area contributed by atoms with Gasteiger partial charge in [-0.2, -0.15) is 5.10 Å². The third-order valence-corrected chi connectivity index (χ3v) is 5.73. The molecular formula is C22H23N7O. The second-order valence-electron chi connectivity index (χ2n) is 7.75. The summed E-state index contributed by atoms with van der Waals surface area (Å²) in [6.45, 7) is 2.59. The molecule has 152 valence electrons. The largest absolute Gasteiger partial charge is 0.345 e. The van der Waals surface area contributed by atoms with Crippen LogP contribution in [0.25, 0.3) is 11.2 Å². The molecule has 1 atom stereocenters. The average molecular weight is 401 g/mol. The third-order valence-electron chi connectivity index (χ3n) is 5.73. The van der Waals surface area contributed by atoms with Crippen molar-refractivity contribution in [2.75, 3.05) is 0 Å². The Kier molecular flexibility index (Phi) is 4.54. The normalized spacial score (nSPS) is 15.9. The topological polar surface area (TPSA) is 90.5 Å². The molecule has 4 aromatic rings. The number of hydrogen-bond acceptors (Lipinski definition) is 5. The molecule has 0 fully saturated rings. The molecule has 0 radical (unpaired) electrons. The first kappa shape index (κ1) is 18.5. The molecule has 0 spiro atoms. The van der Waals surface area contributed by atoms with Crippen molar-refractivity contribution in [2.24, 2.45) is 7.05 Å². The van der Waals surface area contributed by atoms with Crippen LogP contribution in [0.3, 0.4) is 0 Å². The van der Waals surface area contributed by atoms with E-state index in [0.717, 1.165) is 41.9 Å². The number of nitrogens with one attached hydrogen (secondary N) is 1. The predicted octanol–water partition coefficient (Wildman–Crippen LogP) is 2.72. The van der Waals surface area contributed by atoms with Crippen molar-refractivity contribution in [1.82, 2.24) is 34.6 Å². The fourth-order valence-corrected chi connectivity index (χ4v) is 4.33. The van der Waals surface area contributed by atoms with Crippen LogP contribution in [0.2, 0.25) is 0 Å². The Hall–Kier alpha value is -3.55. The summed E-state index contributed by atoms with van der Waals surface area (Å²) in [6.07, 6.45) is 8.07. The first-order chi connectivity index (χ1) is 14.6. The Morgan fingerprint density at radius 1 is 1.27 bits per heavy atom. The van der Waals surface area contributed by atoms with Gasteiger partial charge in [0.15, 0.2) is 5.65 Å². The van der Waals surface area contributed by atoms with E-state index < -0.39 is 0 Å². The summed E-state index contributed by atoms with van der Waals surface area (Å²) >= 11 is 0. The molecule has 4 heterocycles. The lowest BCUT2D eigenvalue weighted by atomic mass is 9.91. The van der Waals surface area contributed by atoms with Crippen LogP contribution in [0, 0.1) is 6.92 Å². The van der Waals surface area contributed by atoms with Crippen LogP contribution in [-0.4, -0.2) is 35.2 Å². The number of hydrogen-bond donors (Lipinski definition) is 1. The number of amides is 1. The van der Waals surface area contributed by atoms with Crippen LogP contribution in [0.1, 0.15) is 51.9 Å². The zero-order valence-electron chi connectivity index (χ0n) is 17.0. The van der Waals surface area contributed by atoms with E-state index >= 15 is 0 Å². The molecule has 1 N–H and O–H groups in total. The first-order valence-corrected chi connectivity index (χ1v) is 10.1. The van der Waals surface area contributed by atoms with Gasteiger partial charge in [-0.05, 0) is 44.4 Å². The maximum atomic E-state index is 13.0. The molecule has 0 aromatic carbocycles. The van der Waals surface area contributed by atoms with Gasteiger partial charge in [-0.15, -0.1) is 0 Å². The molecule has 1 aliphatic rings. The van der Waals surface area contributed by atoms with Crippen molar-refractivity contribution in [3.8, 4) is 0 Å². The van der Waals surface area contributed by atoms with Gasteiger partial charge >= 0.3 is 0 Å². The van der Waals surface area contributed by atoms with Crippen molar-refractivity contribution in [3.05, 3.63) is 71.2 Å². The van der Waals surface area contributed by atoms with Gasteiger partial charge < -0.3 is 9.88 Å². The number of imidazole rings is 1. The fraction of sp³-hybridized carbons (Fsp3) is 0.318. The lowest BCUT2D eigenvalue weighted by Crippen LogP contribution is -2.31. The highest BCUT2D eigenvalue weighted by molar-refractivity contribution is 5.96. The number of rotatable bonds is 4. The van der Waals surface area contributed by atoms with E-state index in [-0.39, 0.29) is 11.9 Å². The SMILES string of the molecule is Cc1nn(C)c2c1C(NC(=O)c1cnc3c(c1)ncn3Cc1ccccn1)CCC2. The molecule has 0 bridgehead atoms. The number of pyridine rings is 2. The van der Waals surface area contributed by atoms with Crippen LogP contribution >= 0.6 is 0 Å². The minimum atomic E-state index is -0.134. The molecule has 0 aliphatic heterocycles. The molecule has 1 aliphatic carbocycles.